The topological polar surface area (TPSA) is 87.7 Å². The van der Waals surface area contributed by atoms with Gasteiger partial charge in [-0.25, -0.2) is 0 Å². The molecule has 0 spiro atoms. The van der Waals surface area contributed by atoms with Crippen LogP contribution in [0.3, 0.4) is 0 Å². The number of hydrogen-bond donors (Lipinski definition) is 2. The molecular weight excluding hydrogens is 394 g/mol. The van der Waals surface area contributed by atoms with Gasteiger partial charge in [0.25, 0.3) is 5.91 Å². The number of carbonyl (C=O) groups is 1. The number of hydrogen-bond acceptors (Lipinski definition) is 5. The average molecular weight is 421 g/mol. The fourth-order valence-corrected chi connectivity index (χ4v) is 3.55. The maximum Gasteiger partial charge on any atom is 0.264 e. The van der Waals surface area contributed by atoms with Crippen molar-refractivity contribution in [1.82, 2.24) is 15.1 Å². The van der Waals surface area contributed by atoms with E-state index in [0.29, 0.717) is 23.7 Å². The fourth-order valence-electron chi connectivity index (χ4n) is 3.55. The quantitative estimate of drug-likeness (QED) is 0.592. The molecule has 2 N–H and O–H groups in total. The summed E-state index contributed by atoms with van der Waals surface area (Å²) >= 11 is 0. The van der Waals surface area contributed by atoms with Crippen LogP contribution in [-0.2, 0) is 22.3 Å². The van der Waals surface area contributed by atoms with Crippen molar-refractivity contribution in [2.24, 2.45) is 5.92 Å². The summed E-state index contributed by atoms with van der Waals surface area (Å²) in [7, 11) is 1.60. The van der Waals surface area contributed by atoms with E-state index in [0.717, 1.165) is 29.5 Å². The maximum atomic E-state index is 13.1. The highest BCUT2D eigenvalue weighted by molar-refractivity contribution is 6.01. The third-order valence-electron chi connectivity index (χ3n) is 5.40. The van der Waals surface area contributed by atoms with Gasteiger partial charge in [0.1, 0.15) is 12.0 Å². The molecule has 3 aromatic rings. The lowest BCUT2D eigenvalue weighted by atomic mass is 10.0. The minimum Gasteiger partial charge on any atom is -0.507 e. The molecule has 2 heterocycles. The molecule has 1 amide bonds. The van der Waals surface area contributed by atoms with E-state index in [2.05, 4.69) is 24.0 Å². The SMILES string of the molecule is CC(C)CCc1n[nH]c2cc(O)c(C(=O)N(C)C3=COC(Cc4ccccc4)O3)cc12. The second kappa shape index (κ2) is 8.71. The van der Waals surface area contributed by atoms with Crippen LogP contribution in [0.2, 0.25) is 0 Å². The smallest absolute Gasteiger partial charge is 0.264 e. The molecule has 1 unspecified atom stereocenters. The van der Waals surface area contributed by atoms with Gasteiger partial charge in [-0.3, -0.25) is 14.8 Å². The number of rotatable bonds is 7. The monoisotopic (exact) mass is 421 g/mol. The number of benzene rings is 2. The zero-order valence-corrected chi connectivity index (χ0v) is 18.0. The van der Waals surface area contributed by atoms with Gasteiger partial charge < -0.3 is 14.6 Å². The van der Waals surface area contributed by atoms with E-state index in [4.69, 9.17) is 9.47 Å². The molecule has 7 nitrogen and oxygen atoms in total. The molecule has 2 aromatic carbocycles. The van der Waals surface area contributed by atoms with Crippen LogP contribution in [-0.4, -0.2) is 39.4 Å². The molecule has 4 rings (SSSR count). The van der Waals surface area contributed by atoms with Crippen LogP contribution in [0.25, 0.3) is 10.9 Å². The summed E-state index contributed by atoms with van der Waals surface area (Å²) in [4.78, 5) is 14.5. The molecule has 1 aliphatic rings. The minimum absolute atomic E-state index is 0.108. The van der Waals surface area contributed by atoms with Gasteiger partial charge in [-0.2, -0.15) is 5.10 Å². The van der Waals surface area contributed by atoms with Crippen LogP contribution >= 0.6 is 0 Å². The van der Waals surface area contributed by atoms with Crippen molar-refractivity contribution >= 4 is 16.8 Å². The molecule has 0 radical (unpaired) electrons. The molecule has 0 bridgehead atoms. The maximum absolute atomic E-state index is 13.1. The third-order valence-corrected chi connectivity index (χ3v) is 5.40. The summed E-state index contributed by atoms with van der Waals surface area (Å²) in [6.45, 7) is 4.32. The zero-order valence-electron chi connectivity index (χ0n) is 18.0. The van der Waals surface area contributed by atoms with Gasteiger partial charge in [0, 0.05) is 24.9 Å². The lowest BCUT2D eigenvalue weighted by Crippen LogP contribution is -2.27. The Hall–Kier alpha value is -3.48. The standard InChI is InChI=1S/C24H27N3O4/c1-15(2)9-10-19-17-12-18(21(28)13-20(17)26-25-19)24(29)27(3)22-14-30-23(31-22)11-16-7-5-4-6-8-16/h4-8,12-15,23,28H,9-11H2,1-3H3,(H,25,26). The van der Waals surface area contributed by atoms with Crippen LogP contribution in [0.4, 0.5) is 0 Å². The number of ether oxygens (including phenoxy) is 2. The van der Waals surface area contributed by atoms with Crippen molar-refractivity contribution in [3.63, 3.8) is 0 Å². The largest absolute Gasteiger partial charge is 0.507 e. The Morgan fingerprint density at radius 1 is 1.26 bits per heavy atom. The van der Waals surface area contributed by atoms with Gasteiger partial charge in [-0.15, -0.1) is 0 Å². The minimum atomic E-state index is -0.500. The number of nitrogens with zero attached hydrogens (tertiary/aromatic N) is 2. The summed E-state index contributed by atoms with van der Waals surface area (Å²) in [5, 5.41) is 18.6. The summed E-state index contributed by atoms with van der Waals surface area (Å²) in [5.41, 5.74) is 2.87. The van der Waals surface area contributed by atoms with Crippen molar-refractivity contribution in [1.29, 1.82) is 0 Å². The number of aryl methyl sites for hydroxylation is 1. The second-order valence-corrected chi connectivity index (χ2v) is 8.21. The van der Waals surface area contributed by atoms with Gasteiger partial charge in [0.05, 0.1) is 16.8 Å². The summed E-state index contributed by atoms with van der Waals surface area (Å²) in [6, 6.07) is 13.1. The number of H-pyrrole nitrogens is 1. The number of aromatic amines is 1. The third kappa shape index (κ3) is 4.50. The first-order valence-electron chi connectivity index (χ1n) is 10.5. The molecule has 1 atom stereocenters. The van der Waals surface area contributed by atoms with Crippen LogP contribution in [0.1, 0.15) is 41.9 Å². The molecule has 0 aliphatic carbocycles. The fraction of sp³-hybridized carbons (Fsp3) is 0.333. The Morgan fingerprint density at radius 3 is 2.77 bits per heavy atom. The summed E-state index contributed by atoms with van der Waals surface area (Å²) in [6.07, 6.45) is 3.29. The number of nitrogens with one attached hydrogen (secondary N) is 1. The molecule has 0 fully saturated rings. The number of aromatic hydroxyl groups is 1. The molecule has 1 aliphatic heterocycles. The number of aromatic nitrogens is 2. The van der Waals surface area contributed by atoms with E-state index in [-0.39, 0.29) is 17.2 Å². The zero-order chi connectivity index (χ0) is 22.0. The Labute approximate surface area is 181 Å². The van der Waals surface area contributed by atoms with Crippen LogP contribution < -0.4 is 0 Å². The molecular formula is C24H27N3O4. The normalized spacial score (nSPS) is 15.6. The van der Waals surface area contributed by atoms with E-state index in [1.807, 2.05) is 30.3 Å². The van der Waals surface area contributed by atoms with Crippen LogP contribution in [0.15, 0.2) is 54.6 Å². The highest BCUT2D eigenvalue weighted by Crippen LogP contribution is 2.29. The Bertz CT molecular complexity index is 1100. The average Bonchev–Trinajstić information content (AvgIpc) is 3.38. The Balaban J connectivity index is 1.49. The van der Waals surface area contributed by atoms with E-state index in [9.17, 15) is 9.90 Å². The van der Waals surface area contributed by atoms with Crippen molar-refractivity contribution in [2.75, 3.05) is 7.05 Å². The van der Waals surface area contributed by atoms with Gasteiger partial charge in [0.2, 0.25) is 12.2 Å². The first kappa shape index (κ1) is 20.8. The van der Waals surface area contributed by atoms with E-state index < -0.39 is 6.29 Å². The van der Waals surface area contributed by atoms with Gasteiger partial charge >= 0.3 is 0 Å². The first-order chi connectivity index (χ1) is 14.9. The molecule has 7 heteroatoms. The number of phenols is 1. The number of fused-ring (bicyclic) bond motifs is 1. The van der Waals surface area contributed by atoms with Gasteiger partial charge in [0.15, 0.2) is 0 Å². The molecule has 1 aromatic heterocycles. The summed E-state index contributed by atoms with van der Waals surface area (Å²) < 4.78 is 11.4. The predicted molar refractivity (Wildman–Crippen MR) is 117 cm³/mol. The molecule has 0 saturated heterocycles. The Morgan fingerprint density at radius 2 is 2.03 bits per heavy atom. The van der Waals surface area contributed by atoms with Crippen LogP contribution in [0.5, 0.6) is 5.75 Å². The summed E-state index contributed by atoms with van der Waals surface area (Å²) in [5.74, 6) is 0.360. The van der Waals surface area contributed by atoms with Gasteiger partial charge in [-0.05, 0) is 30.4 Å². The van der Waals surface area contributed by atoms with Gasteiger partial charge in [-0.1, -0.05) is 44.2 Å². The second-order valence-electron chi connectivity index (χ2n) is 8.21. The van der Waals surface area contributed by atoms with Crippen molar-refractivity contribution in [3.05, 3.63) is 71.4 Å². The highest BCUT2D eigenvalue weighted by atomic mass is 16.7. The number of phenolic OH excluding ortho intramolecular Hbond substituents is 1. The van der Waals surface area contributed by atoms with Crippen molar-refractivity contribution < 1.29 is 19.4 Å². The number of amides is 1. The van der Waals surface area contributed by atoms with E-state index in [1.54, 1.807) is 19.2 Å². The van der Waals surface area contributed by atoms with Crippen LogP contribution in [0, 0.1) is 5.92 Å². The Kier molecular flexibility index (Phi) is 5.84. The number of carbonyl (C=O) groups excluding carboxylic acids is 1. The van der Waals surface area contributed by atoms with Crippen molar-refractivity contribution in [3.8, 4) is 5.75 Å². The van der Waals surface area contributed by atoms with E-state index in [1.165, 1.54) is 11.2 Å². The predicted octanol–water partition coefficient (Wildman–Crippen LogP) is 4.34. The van der Waals surface area contributed by atoms with Crippen molar-refractivity contribution in [2.45, 2.75) is 39.4 Å². The van der Waals surface area contributed by atoms with E-state index >= 15 is 0 Å². The lowest BCUT2D eigenvalue weighted by molar-refractivity contribution is -0.0432. The highest BCUT2D eigenvalue weighted by Gasteiger charge is 2.28. The first-order valence-corrected chi connectivity index (χ1v) is 10.5. The molecule has 31 heavy (non-hydrogen) atoms. The lowest BCUT2D eigenvalue weighted by Gasteiger charge is -2.19. The molecule has 0 saturated carbocycles. The molecule has 162 valence electrons.